The van der Waals surface area contributed by atoms with Crippen molar-refractivity contribution < 1.29 is 8.78 Å². The maximum absolute atomic E-state index is 13.3. The summed E-state index contributed by atoms with van der Waals surface area (Å²) in [7, 11) is 0. The lowest BCUT2D eigenvalue weighted by atomic mass is 10.2. The van der Waals surface area contributed by atoms with Gasteiger partial charge in [-0.25, -0.2) is 4.98 Å². The van der Waals surface area contributed by atoms with Crippen LogP contribution in [-0.2, 0) is 5.92 Å². The highest BCUT2D eigenvalue weighted by Crippen LogP contribution is 2.48. The zero-order valence-electron chi connectivity index (χ0n) is 6.45. The molecule has 0 bridgehead atoms. The topological polar surface area (TPSA) is 12.9 Å². The summed E-state index contributed by atoms with van der Waals surface area (Å²) in [5.41, 5.74) is -0.498. The molecule has 78 valence electrons. The number of pyridine rings is 1. The lowest BCUT2D eigenvalue weighted by Crippen LogP contribution is -2.30. The molecule has 0 saturated carbocycles. The molecule has 1 aromatic heterocycles. The summed E-state index contributed by atoms with van der Waals surface area (Å²) in [6.45, 7) is 0. The third-order valence-electron chi connectivity index (χ3n) is 1.45. The normalized spacial score (nSPS) is 13.0. The number of rotatable bonds is 1. The Morgan fingerprint density at radius 2 is 1.71 bits per heavy atom. The first-order valence-corrected chi connectivity index (χ1v) is 4.83. The van der Waals surface area contributed by atoms with Gasteiger partial charge in [-0.05, 0) is 12.1 Å². The Morgan fingerprint density at radius 3 is 2.07 bits per heavy atom. The molecule has 0 radical (unpaired) electrons. The minimum atomic E-state index is -3.60. The molecule has 14 heavy (non-hydrogen) atoms. The lowest BCUT2D eigenvalue weighted by molar-refractivity contribution is -0.000428. The molecule has 0 aliphatic carbocycles. The second-order valence-corrected chi connectivity index (χ2v) is 5.11. The summed E-state index contributed by atoms with van der Waals surface area (Å²) in [6, 6.07) is 2.25. The van der Waals surface area contributed by atoms with Gasteiger partial charge in [-0.3, -0.25) is 0 Å². The van der Waals surface area contributed by atoms with Crippen LogP contribution in [-0.4, -0.2) is 8.78 Å². The van der Waals surface area contributed by atoms with Gasteiger partial charge in [0.25, 0.3) is 3.79 Å². The van der Waals surface area contributed by atoms with Crippen molar-refractivity contribution in [1.82, 2.24) is 4.98 Å². The van der Waals surface area contributed by atoms with Gasteiger partial charge in [0, 0.05) is 11.8 Å². The minimum Gasteiger partial charge on any atom is -0.244 e. The van der Waals surface area contributed by atoms with Gasteiger partial charge in [-0.1, -0.05) is 46.4 Å². The number of hydrogen-bond donors (Lipinski definition) is 0. The third-order valence-corrected chi connectivity index (χ3v) is 2.38. The van der Waals surface area contributed by atoms with Crippen molar-refractivity contribution >= 4 is 46.4 Å². The summed E-state index contributed by atoms with van der Waals surface area (Å²) in [5, 5.41) is 0.0915. The first-order chi connectivity index (χ1) is 6.25. The van der Waals surface area contributed by atoms with E-state index < -0.39 is 15.3 Å². The van der Waals surface area contributed by atoms with Crippen molar-refractivity contribution in [2.24, 2.45) is 0 Å². The van der Waals surface area contributed by atoms with E-state index in [-0.39, 0.29) is 5.15 Å². The molecule has 0 atom stereocenters. The van der Waals surface area contributed by atoms with Gasteiger partial charge in [0.15, 0.2) is 0 Å². The molecule has 0 unspecified atom stereocenters. The van der Waals surface area contributed by atoms with Gasteiger partial charge in [0.1, 0.15) is 5.15 Å². The molecule has 1 aromatic rings. The Labute approximate surface area is 98.9 Å². The molecule has 0 aliphatic rings. The van der Waals surface area contributed by atoms with Crippen molar-refractivity contribution in [2.45, 2.75) is 9.72 Å². The average Bonchev–Trinajstić information content (AvgIpc) is 2.03. The van der Waals surface area contributed by atoms with E-state index in [9.17, 15) is 8.78 Å². The Bertz CT molecular complexity index is 319. The monoisotopic (exact) mass is 279 g/mol. The molecular weight excluding hydrogens is 278 g/mol. The standard InChI is InChI=1S/C7H3Cl4F2N/c8-5-2-1-4(3-14-5)6(12,13)7(9,10)11/h1-3H. The van der Waals surface area contributed by atoms with Crippen LogP contribution in [0.5, 0.6) is 0 Å². The van der Waals surface area contributed by atoms with Crippen molar-refractivity contribution in [3.63, 3.8) is 0 Å². The molecule has 7 heteroatoms. The first kappa shape index (κ1) is 12.2. The van der Waals surface area contributed by atoms with Gasteiger partial charge in [0.2, 0.25) is 0 Å². The van der Waals surface area contributed by atoms with E-state index >= 15 is 0 Å². The van der Waals surface area contributed by atoms with E-state index in [1.807, 2.05) is 0 Å². The molecule has 0 N–H and O–H groups in total. The van der Waals surface area contributed by atoms with Gasteiger partial charge in [-0.15, -0.1) is 0 Å². The zero-order valence-corrected chi connectivity index (χ0v) is 9.47. The molecule has 1 heterocycles. The van der Waals surface area contributed by atoms with Crippen molar-refractivity contribution in [2.75, 3.05) is 0 Å². The first-order valence-electron chi connectivity index (χ1n) is 3.32. The average molecular weight is 281 g/mol. The predicted octanol–water partition coefficient (Wildman–Crippen LogP) is 4.20. The highest BCUT2D eigenvalue weighted by molar-refractivity contribution is 6.68. The fraction of sp³-hybridized carbons (Fsp3) is 0.286. The fourth-order valence-corrected chi connectivity index (χ4v) is 1.16. The van der Waals surface area contributed by atoms with Gasteiger partial charge in [0.05, 0.1) is 0 Å². The Morgan fingerprint density at radius 1 is 1.14 bits per heavy atom. The van der Waals surface area contributed by atoms with Crippen LogP contribution in [0.2, 0.25) is 5.15 Å². The van der Waals surface area contributed by atoms with Crippen molar-refractivity contribution in [3.8, 4) is 0 Å². The smallest absolute Gasteiger partial charge is 0.244 e. The predicted molar refractivity (Wildman–Crippen MR) is 53.4 cm³/mol. The number of halogens is 6. The van der Waals surface area contributed by atoms with Gasteiger partial charge >= 0.3 is 5.92 Å². The maximum atomic E-state index is 13.3. The number of alkyl halides is 5. The highest BCUT2D eigenvalue weighted by atomic mass is 35.6. The van der Waals surface area contributed by atoms with E-state index in [1.54, 1.807) is 0 Å². The van der Waals surface area contributed by atoms with Gasteiger partial charge in [-0.2, -0.15) is 8.78 Å². The van der Waals surface area contributed by atoms with E-state index in [2.05, 4.69) is 4.98 Å². The van der Waals surface area contributed by atoms with E-state index in [4.69, 9.17) is 46.4 Å². The molecule has 0 saturated heterocycles. The van der Waals surface area contributed by atoms with Crippen LogP contribution in [0.3, 0.4) is 0 Å². The Hall–Kier alpha value is 0.170. The Kier molecular flexibility index (Phi) is 3.47. The van der Waals surface area contributed by atoms with Crippen LogP contribution in [0.25, 0.3) is 0 Å². The second kappa shape index (κ2) is 3.97. The van der Waals surface area contributed by atoms with Crippen molar-refractivity contribution in [1.29, 1.82) is 0 Å². The van der Waals surface area contributed by atoms with Crippen molar-refractivity contribution in [3.05, 3.63) is 29.0 Å². The summed E-state index contributed by atoms with van der Waals surface area (Å²) < 4.78 is 23.9. The molecule has 1 rings (SSSR count). The Balaban J connectivity index is 3.10. The van der Waals surface area contributed by atoms with Crippen LogP contribution >= 0.6 is 46.4 Å². The van der Waals surface area contributed by atoms with Crippen LogP contribution in [0, 0.1) is 0 Å². The third kappa shape index (κ3) is 2.40. The number of aromatic nitrogens is 1. The summed E-state index contributed by atoms with van der Waals surface area (Å²) in [5.74, 6) is -3.60. The van der Waals surface area contributed by atoms with Crippen LogP contribution in [0.4, 0.5) is 8.78 Å². The van der Waals surface area contributed by atoms with Gasteiger partial charge < -0.3 is 0 Å². The van der Waals surface area contributed by atoms with E-state index in [0.717, 1.165) is 12.3 Å². The molecule has 0 aromatic carbocycles. The number of nitrogens with zero attached hydrogens (tertiary/aromatic N) is 1. The zero-order chi connectivity index (χ0) is 11.0. The summed E-state index contributed by atoms with van der Waals surface area (Å²) in [6.07, 6.45) is 0.865. The quantitative estimate of drug-likeness (QED) is 0.555. The lowest BCUT2D eigenvalue weighted by Gasteiger charge is -2.23. The van der Waals surface area contributed by atoms with Crippen LogP contribution in [0.15, 0.2) is 18.3 Å². The number of hydrogen-bond acceptors (Lipinski definition) is 1. The molecule has 0 fully saturated rings. The summed E-state index contributed by atoms with van der Waals surface area (Å²) in [4.78, 5) is 3.47. The largest absolute Gasteiger partial charge is 0.320 e. The van der Waals surface area contributed by atoms with E-state index in [0.29, 0.717) is 0 Å². The van der Waals surface area contributed by atoms with E-state index in [1.165, 1.54) is 6.07 Å². The molecule has 0 aliphatic heterocycles. The SMILES string of the molecule is FC(F)(c1ccc(Cl)nc1)C(Cl)(Cl)Cl. The fourth-order valence-electron chi connectivity index (χ4n) is 0.725. The molecular formula is C7H3Cl4F2N. The minimum absolute atomic E-state index is 0.0915. The molecule has 0 spiro atoms. The van der Waals surface area contributed by atoms with Crippen LogP contribution in [0.1, 0.15) is 5.56 Å². The molecule has 0 amide bonds. The maximum Gasteiger partial charge on any atom is 0.320 e. The summed E-state index contributed by atoms with van der Waals surface area (Å²) >= 11 is 20.8. The van der Waals surface area contributed by atoms with Crippen LogP contribution < -0.4 is 0 Å². The highest BCUT2D eigenvalue weighted by Gasteiger charge is 2.52. The molecule has 1 nitrogen and oxygen atoms in total. The second-order valence-electron chi connectivity index (χ2n) is 2.44.